The number of aryl methyl sites for hydroxylation is 2. The molecular formula is C22H22N2O2S. The minimum Gasteiger partial charge on any atom is -0.467 e. The van der Waals surface area contributed by atoms with Crippen molar-refractivity contribution in [2.75, 3.05) is 0 Å². The van der Waals surface area contributed by atoms with Crippen molar-refractivity contribution < 1.29 is 9.21 Å². The Morgan fingerprint density at radius 2 is 2.04 bits per heavy atom. The lowest BCUT2D eigenvalue weighted by Crippen LogP contribution is -2.23. The third kappa shape index (κ3) is 4.03. The second kappa shape index (κ2) is 7.92. The molecule has 1 aliphatic rings. The average molecular weight is 378 g/mol. The van der Waals surface area contributed by atoms with Gasteiger partial charge in [-0.1, -0.05) is 29.8 Å². The van der Waals surface area contributed by atoms with E-state index in [-0.39, 0.29) is 5.91 Å². The fourth-order valence-electron chi connectivity index (χ4n) is 3.33. The number of aliphatic imine (C=N–C) groups is 1. The van der Waals surface area contributed by atoms with Gasteiger partial charge in [0, 0.05) is 11.1 Å². The molecule has 0 spiro atoms. The summed E-state index contributed by atoms with van der Waals surface area (Å²) in [5.41, 5.74) is 4.18. The molecule has 2 heterocycles. The van der Waals surface area contributed by atoms with Crippen molar-refractivity contribution in [3.63, 3.8) is 0 Å². The second-order valence-corrected chi connectivity index (χ2v) is 7.91. The maximum Gasteiger partial charge on any atom is 0.255 e. The minimum atomic E-state index is -0.0677. The number of rotatable bonds is 5. The predicted octanol–water partition coefficient (Wildman–Crippen LogP) is 5.21. The molecule has 0 saturated heterocycles. The largest absolute Gasteiger partial charge is 0.467 e. The van der Waals surface area contributed by atoms with E-state index in [0.29, 0.717) is 6.54 Å². The Hall–Kier alpha value is -2.66. The van der Waals surface area contributed by atoms with Crippen molar-refractivity contribution in [2.45, 2.75) is 39.2 Å². The number of thiophene rings is 1. The Labute approximate surface area is 163 Å². The Bertz CT molecular complexity index is 953. The zero-order chi connectivity index (χ0) is 18.6. The Morgan fingerprint density at radius 3 is 2.81 bits per heavy atom. The van der Waals surface area contributed by atoms with E-state index in [1.54, 1.807) is 17.6 Å². The van der Waals surface area contributed by atoms with Gasteiger partial charge in [-0.05, 0) is 55.9 Å². The molecule has 2 aromatic heterocycles. The summed E-state index contributed by atoms with van der Waals surface area (Å²) >= 11 is 1.65. The summed E-state index contributed by atoms with van der Waals surface area (Å²) in [6, 6.07) is 11.9. The van der Waals surface area contributed by atoms with Crippen molar-refractivity contribution in [2.24, 2.45) is 4.99 Å². The molecule has 0 radical (unpaired) electrons. The molecule has 27 heavy (non-hydrogen) atoms. The third-order valence-electron chi connectivity index (χ3n) is 4.79. The van der Waals surface area contributed by atoms with Gasteiger partial charge in [0.15, 0.2) is 0 Å². The first-order chi connectivity index (χ1) is 13.2. The van der Waals surface area contributed by atoms with Crippen LogP contribution < -0.4 is 5.32 Å². The zero-order valence-corrected chi connectivity index (χ0v) is 16.1. The molecule has 0 fully saturated rings. The molecule has 4 nitrogen and oxygen atoms in total. The first kappa shape index (κ1) is 17.7. The van der Waals surface area contributed by atoms with Crippen LogP contribution in [0.5, 0.6) is 0 Å². The first-order valence-electron chi connectivity index (χ1n) is 9.26. The highest BCUT2D eigenvalue weighted by Gasteiger charge is 2.25. The lowest BCUT2D eigenvalue weighted by molar-refractivity contribution is 0.0948. The minimum absolute atomic E-state index is 0.0677. The lowest BCUT2D eigenvalue weighted by Gasteiger charge is -2.12. The molecule has 0 aliphatic heterocycles. The van der Waals surface area contributed by atoms with Gasteiger partial charge in [0.05, 0.1) is 18.4 Å². The van der Waals surface area contributed by atoms with Gasteiger partial charge in [0.2, 0.25) is 0 Å². The van der Waals surface area contributed by atoms with Crippen LogP contribution in [-0.2, 0) is 19.4 Å². The van der Waals surface area contributed by atoms with E-state index in [1.807, 2.05) is 30.5 Å². The van der Waals surface area contributed by atoms with Crippen LogP contribution in [0.4, 0.5) is 5.00 Å². The zero-order valence-electron chi connectivity index (χ0n) is 15.3. The van der Waals surface area contributed by atoms with E-state index in [4.69, 9.17) is 4.42 Å². The number of hydrogen-bond donors (Lipinski definition) is 1. The van der Waals surface area contributed by atoms with Crippen LogP contribution in [0.15, 0.2) is 52.1 Å². The number of amides is 1. The van der Waals surface area contributed by atoms with Gasteiger partial charge >= 0.3 is 0 Å². The lowest BCUT2D eigenvalue weighted by atomic mass is 9.95. The molecule has 1 N–H and O–H groups in total. The molecule has 1 aliphatic carbocycles. The number of hydrogen-bond acceptors (Lipinski definition) is 4. The van der Waals surface area contributed by atoms with Crippen molar-refractivity contribution >= 4 is 28.5 Å². The highest BCUT2D eigenvalue weighted by Crippen LogP contribution is 2.39. The highest BCUT2D eigenvalue weighted by atomic mass is 32.1. The standard InChI is InChI=1S/C22H22N2O2S/c1-15-8-10-16(11-9-15)13-24-22-20(18-6-2-3-7-19(18)27-22)21(25)23-14-17-5-4-12-26-17/h4-5,8-13H,2-3,6-7,14H2,1H3,(H,23,25)/b24-13-. The summed E-state index contributed by atoms with van der Waals surface area (Å²) in [7, 11) is 0. The van der Waals surface area contributed by atoms with E-state index in [2.05, 4.69) is 29.4 Å². The van der Waals surface area contributed by atoms with Crippen LogP contribution in [0.25, 0.3) is 0 Å². The number of carbonyl (C=O) groups is 1. The summed E-state index contributed by atoms with van der Waals surface area (Å²) in [4.78, 5) is 18.9. The molecule has 1 amide bonds. The molecule has 3 aromatic rings. The Kier molecular flexibility index (Phi) is 5.21. The highest BCUT2D eigenvalue weighted by molar-refractivity contribution is 7.16. The van der Waals surface area contributed by atoms with Crippen LogP contribution in [0.1, 0.15) is 50.5 Å². The molecule has 138 valence electrons. The fraction of sp³-hybridized carbons (Fsp3) is 0.273. The number of fused-ring (bicyclic) bond motifs is 1. The summed E-state index contributed by atoms with van der Waals surface area (Å²) in [6.07, 6.45) is 7.77. The molecule has 4 rings (SSSR count). The van der Waals surface area contributed by atoms with Crippen molar-refractivity contribution in [3.8, 4) is 0 Å². The quantitative estimate of drug-likeness (QED) is 0.620. The van der Waals surface area contributed by atoms with Gasteiger partial charge in [-0.3, -0.25) is 4.79 Å². The molecule has 0 saturated carbocycles. The maximum atomic E-state index is 12.9. The van der Waals surface area contributed by atoms with E-state index < -0.39 is 0 Å². The topological polar surface area (TPSA) is 54.6 Å². The van der Waals surface area contributed by atoms with Gasteiger partial charge < -0.3 is 9.73 Å². The number of benzene rings is 1. The van der Waals surface area contributed by atoms with Crippen LogP contribution >= 0.6 is 11.3 Å². The maximum absolute atomic E-state index is 12.9. The van der Waals surface area contributed by atoms with Gasteiger partial charge in [-0.2, -0.15) is 0 Å². The Balaban J connectivity index is 1.61. The smallest absolute Gasteiger partial charge is 0.255 e. The van der Waals surface area contributed by atoms with Crippen molar-refractivity contribution in [1.82, 2.24) is 5.32 Å². The first-order valence-corrected chi connectivity index (χ1v) is 10.1. The number of nitrogens with zero attached hydrogens (tertiary/aromatic N) is 1. The summed E-state index contributed by atoms with van der Waals surface area (Å²) in [5, 5.41) is 3.79. The summed E-state index contributed by atoms with van der Waals surface area (Å²) < 4.78 is 5.32. The predicted molar refractivity (Wildman–Crippen MR) is 109 cm³/mol. The van der Waals surface area contributed by atoms with Crippen LogP contribution in [0.2, 0.25) is 0 Å². The van der Waals surface area contributed by atoms with Crippen molar-refractivity contribution in [1.29, 1.82) is 0 Å². The number of carbonyl (C=O) groups excluding carboxylic acids is 1. The van der Waals surface area contributed by atoms with Gasteiger partial charge in [-0.25, -0.2) is 4.99 Å². The van der Waals surface area contributed by atoms with E-state index in [9.17, 15) is 4.79 Å². The van der Waals surface area contributed by atoms with Crippen molar-refractivity contribution in [3.05, 3.63) is 75.6 Å². The summed E-state index contributed by atoms with van der Waals surface area (Å²) in [5.74, 6) is 0.680. The van der Waals surface area contributed by atoms with E-state index >= 15 is 0 Å². The molecule has 0 unspecified atom stereocenters. The number of furan rings is 1. The molecule has 1 aromatic carbocycles. The van der Waals surface area contributed by atoms with Crippen LogP contribution in [0.3, 0.4) is 0 Å². The molecule has 0 bridgehead atoms. The van der Waals surface area contributed by atoms with Gasteiger partial charge in [0.25, 0.3) is 5.91 Å². The van der Waals surface area contributed by atoms with Gasteiger partial charge in [-0.15, -0.1) is 11.3 Å². The van der Waals surface area contributed by atoms with E-state index in [1.165, 1.54) is 22.4 Å². The Morgan fingerprint density at radius 1 is 1.22 bits per heavy atom. The monoisotopic (exact) mass is 378 g/mol. The third-order valence-corrected chi connectivity index (χ3v) is 5.99. The normalized spacial score (nSPS) is 13.7. The average Bonchev–Trinajstić information content (AvgIpc) is 3.33. The van der Waals surface area contributed by atoms with Crippen LogP contribution in [0, 0.1) is 6.92 Å². The molecular weight excluding hydrogens is 356 g/mol. The van der Waals surface area contributed by atoms with Crippen LogP contribution in [-0.4, -0.2) is 12.1 Å². The van der Waals surface area contributed by atoms with E-state index in [0.717, 1.165) is 41.2 Å². The SMILES string of the molecule is Cc1ccc(/C=N\c2sc3c(c2C(=O)NCc2ccco2)CCCC3)cc1. The molecule has 5 heteroatoms. The van der Waals surface area contributed by atoms with Gasteiger partial charge in [0.1, 0.15) is 10.8 Å². The number of nitrogens with one attached hydrogen (secondary N) is 1. The second-order valence-electron chi connectivity index (χ2n) is 6.82. The molecule has 0 atom stereocenters. The fourth-order valence-corrected chi connectivity index (χ4v) is 4.56. The summed E-state index contributed by atoms with van der Waals surface area (Å²) in [6.45, 7) is 2.45.